The van der Waals surface area contributed by atoms with E-state index in [1.165, 1.54) is 12.1 Å². The lowest BCUT2D eigenvalue weighted by atomic mass is 10.0. The average molecular weight is 293 g/mol. The van der Waals surface area contributed by atoms with E-state index in [9.17, 15) is 9.18 Å². The van der Waals surface area contributed by atoms with E-state index < -0.39 is 5.82 Å². The molecule has 1 saturated heterocycles. The number of nitrogen functional groups attached to an aromatic ring is 1. The predicted molar refractivity (Wildman–Crippen MR) is 82.6 cm³/mol. The molecule has 1 fully saturated rings. The normalized spacial score (nSPS) is 17.2. The molecule has 1 aromatic rings. The Hall–Kier alpha value is -1.62. The number of anilines is 1. The van der Waals surface area contributed by atoms with Crippen molar-refractivity contribution < 1.29 is 9.18 Å². The van der Waals surface area contributed by atoms with E-state index in [2.05, 4.69) is 18.7 Å². The van der Waals surface area contributed by atoms with E-state index in [-0.39, 0.29) is 17.5 Å². The highest BCUT2D eigenvalue weighted by molar-refractivity contribution is 5.94. The van der Waals surface area contributed by atoms with E-state index >= 15 is 0 Å². The standard InChI is InChI=1S/C16H24FN3O/c1-11(2)20-8-6-13(7-9-20)19(3)16(21)14-5-4-12(18)10-15(14)17/h4-5,10-11,13H,6-9,18H2,1-3H3. The van der Waals surface area contributed by atoms with Gasteiger partial charge in [0.25, 0.3) is 5.91 Å². The maximum absolute atomic E-state index is 13.9. The molecule has 1 heterocycles. The molecular formula is C16H24FN3O. The number of benzene rings is 1. The van der Waals surface area contributed by atoms with Crippen LogP contribution in [0.2, 0.25) is 0 Å². The summed E-state index contributed by atoms with van der Waals surface area (Å²) >= 11 is 0. The highest BCUT2D eigenvalue weighted by Gasteiger charge is 2.27. The molecule has 116 valence electrons. The SMILES string of the molecule is CC(C)N1CCC(N(C)C(=O)c2ccc(N)cc2F)CC1. The van der Waals surface area contributed by atoms with Gasteiger partial charge in [0.15, 0.2) is 0 Å². The van der Waals surface area contributed by atoms with Crippen LogP contribution in [0.5, 0.6) is 0 Å². The number of nitrogens with zero attached hydrogens (tertiary/aromatic N) is 2. The second-order valence-electron chi connectivity index (χ2n) is 6.02. The number of likely N-dealkylation sites (tertiary alicyclic amines) is 1. The molecule has 0 radical (unpaired) electrons. The molecule has 0 saturated carbocycles. The van der Waals surface area contributed by atoms with Crippen LogP contribution in [-0.2, 0) is 0 Å². The molecule has 0 unspecified atom stereocenters. The molecule has 0 bridgehead atoms. The number of amides is 1. The van der Waals surface area contributed by atoms with Gasteiger partial charge in [0, 0.05) is 37.9 Å². The summed E-state index contributed by atoms with van der Waals surface area (Å²) in [5.74, 6) is -0.818. The summed E-state index contributed by atoms with van der Waals surface area (Å²) in [6.45, 7) is 6.31. The lowest BCUT2D eigenvalue weighted by Gasteiger charge is -2.38. The first kappa shape index (κ1) is 15.8. The first-order chi connectivity index (χ1) is 9.90. The fourth-order valence-electron chi connectivity index (χ4n) is 2.85. The minimum atomic E-state index is -0.550. The summed E-state index contributed by atoms with van der Waals surface area (Å²) in [6.07, 6.45) is 1.86. The van der Waals surface area contributed by atoms with Crippen molar-refractivity contribution in [3.05, 3.63) is 29.6 Å². The van der Waals surface area contributed by atoms with Gasteiger partial charge in [0.05, 0.1) is 5.56 Å². The van der Waals surface area contributed by atoms with Crippen molar-refractivity contribution in [1.82, 2.24) is 9.80 Å². The van der Waals surface area contributed by atoms with Gasteiger partial charge >= 0.3 is 0 Å². The molecule has 0 spiro atoms. The van der Waals surface area contributed by atoms with Crippen LogP contribution in [0, 0.1) is 5.82 Å². The minimum Gasteiger partial charge on any atom is -0.399 e. The monoisotopic (exact) mass is 293 g/mol. The fraction of sp³-hybridized carbons (Fsp3) is 0.562. The van der Waals surface area contributed by atoms with Crippen molar-refractivity contribution in [1.29, 1.82) is 0 Å². The average Bonchev–Trinajstić information content (AvgIpc) is 2.46. The number of halogens is 1. The van der Waals surface area contributed by atoms with Gasteiger partial charge in [-0.05, 0) is 44.9 Å². The quantitative estimate of drug-likeness (QED) is 0.870. The lowest BCUT2D eigenvalue weighted by Crippen LogP contribution is -2.47. The Balaban J connectivity index is 2.03. The number of carbonyl (C=O) groups is 1. The Kier molecular flexibility index (Phi) is 4.83. The van der Waals surface area contributed by atoms with Gasteiger partial charge in [-0.15, -0.1) is 0 Å². The van der Waals surface area contributed by atoms with E-state index in [0.717, 1.165) is 25.9 Å². The highest BCUT2D eigenvalue weighted by Crippen LogP contribution is 2.20. The molecule has 0 aromatic heterocycles. The predicted octanol–water partition coefficient (Wildman–Crippen LogP) is 2.35. The minimum absolute atomic E-state index is 0.0954. The van der Waals surface area contributed by atoms with Gasteiger partial charge in [-0.1, -0.05) is 0 Å². The Bertz CT molecular complexity index is 510. The molecule has 2 rings (SSSR count). The van der Waals surface area contributed by atoms with Crippen LogP contribution < -0.4 is 5.73 Å². The van der Waals surface area contributed by atoms with Crippen LogP contribution in [0.25, 0.3) is 0 Å². The number of piperidine rings is 1. The molecule has 0 atom stereocenters. The first-order valence-corrected chi connectivity index (χ1v) is 7.46. The summed E-state index contributed by atoms with van der Waals surface area (Å²) < 4.78 is 13.9. The third kappa shape index (κ3) is 3.53. The zero-order valence-electron chi connectivity index (χ0n) is 13.0. The van der Waals surface area contributed by atoms with Crippen LogP contribution in [0.3, 0.4) is 0 Å². The lowest BCUT2D eigenvalue weighted by molar-refractivity contribution is 0.0611. The highest BCUT2D eigenvalue weighted by atomic mass is 19.1. The van der Waals surface area contributed by atoms with Crippen molar-refractivity contribution in [3.8, 4) is 0 Å². The van der Waals surface area contributed by atoms with Crippen molar-refractivity contribution in [2.45, 2.75) is 38.8 Å². The smallest absolute Gasteiger partial charge is 0.256 e. The van der Waals surface area contributed by atoms with Crippen molar-refractivity contribution >= 4 is 11.6 Å². The molecule has 1 aliphatic heterocycles. The van der Waals surface area contributed by atoms with Gasteiger partial charge in [-0.3, -0.25) is 4.79 Å². The zero-order chi connectivity index (χ0) is 15.6. The van der Waals surface area contributed by atoms with Crippen molar-refractivity contribution in [3.63, 3.8) is 0 Å². The van der Waals surface area contributed by atoms with Gasteiger partial charge in [-0.2, -0.15) is 0 Å². The molecular weight excluding hydrogens is 269 g/mol. The third-order valence-corrected chi connectivity index (χ3v) is 4.32. The number of nitrogens with two attached hydrogens (primary N) is 1. The molecule has 1 aliphatic rings. The zero-order valence-corrected chi connectivity index (χ0v) is 13.0. The molecule has 2 N–H and O–H groups in total. The van der Waals surface area contributed by atoms with Gasteiger partial charge in [0.2, 0.25) is 0 Å². The molecule has 1 amide bonds. The largest absolute Gasteiger partial charge is 0.399 e. The van der Waals surface area contributed by atoms with E-state index in [4.69, 9.17) is 5.73 Å². The van der Waals surface area contributed by atoms with Crippen LogP contribution in [0.4, 0.5) is 10.1 Å². The maximum atomic E-state index is 13.9. The third-order valence-electron chi connectivity index (χ3n) is 4.32. The first-order valence-electron chi connectivity index (χ1n) is 7.46. The number of rotatable bonds is 3. The molecule has 0 aliphatic carbocycles. The van der Waals surface area contributed by atoms with Gasteiger partial charge < -0.3 is 15.5 Å². The number of carbonyl (C=O) groups excluding carboxylic acids is 1. The maximum Gasteiger partial charge on any atom is 0.256 e. The summed E-state index contributed by atoms with van der Waals surface area (Å²) in [4.78, 5) is 16.5. The second kappa shape index (κ2) is 6.43. The van der Waals surface area contributed by atoms with Crippen LogP contribution in [0.1, 0.15) is 37.0 Å². The molecule has 21 heavy (non-hydrogen) atoms. The Morgan fingerprint density at radius 1 is 1.38 bits per heavy atom. The molecule has 5 heteroatoms. The Labute approximate surface area is 125 Å². The summed E-state index contributed by atoms with van der Waals surface area (Å²) in [5.41, 5.74) is 5.95. The van der Waals surface area contributed by atoms with E-state index in [1.54, 1.807) is 18.0 Å². The van der Waals surface area contributed by atoms with Gasteiger partial charge in [-0.25, -0.2) is 4.39 Å². The summed E-state index contributed by atoms with van der Waals surface area (Å²) in [7, 11) is 1.76. The van der Waals surface area contributed by atoms with E-state index in [0.29, 0.717) is 11.7 Å². The van der Waals surface area contributed by atoms with Crippen LogP contribution in [0.15, 0.2) is 18.2 Å². The van der Waals surface area contributed by atoms with Crippen LogP contribution >= 0.6 is 0 Å². The summed E-state index contributed by atoms with van der Waals surface area (Å²) in [5, 5.41) is 0. The number of hydrogen-bond donors (Lipinski definition) is 1. The Morgan fingerprint density at radius 2 is 2.00 bits per heavy atom. The Morgan fingerprint density at radius 3 is 2.52 bits per heavy atom. The summed E-state index contributed by atoms with van der Waals surface area (Å²) in [6, 6.07) is 4.92. The van der Waals surface area contributed by atoms with E-state index in [1.807, 2.05) is 0 Å². The topological polar surface area (TPSA) is 49.6 Å². The van der Waals surface area contributed by atoms with Gasteiger partial charge in [0.1, 0.15) is 5.82 Å². The number of hydrogen-bond acceptors (Lipinski definition) is 3. The second-order valence-corrected chi connectivity index (χ2v) is 6.02. The fourth-order valence-corrected chi connectivity index (χ4v) is 2.85. The molecule has 1 aromatic carbocycles. The molecule has 4 nitrogen and oxygen atoms in total. The van der Waals surface area contributed by atoms with Crippen molar-refractivity contribution in [2.24, 2.45) is 0 Å². The van der Waals surface area contributed by atoms with Crippen LogP contribution in [-0.4, -0.2) is 47.9 Å². The van der Waals surface area contributed by atoms with Crippen molar-refractivity contribution in [2.75, 3.05) is 25.9 Å².